The van der Waals surface area contributed by atoms with Gasteiger partial charge in [0.1, 0.15) is 0 Å². The van der Waals surface area contributed by atoms with Gasteiger partial charge in [-0.05, 0) is 42.8 Å². The Morgan fingerprint density at radius 3 is 2.30 bits per heavy atom. The van der Waals surface area contributed by atoms with Crippen LogP contribution in [0.25, 0.3) is 0 Å². The normalized spacial score (nSPS) is 9.85. The Morgan fingerprint density at radius 1 is 1.05 bits per heavy atom. The molecular formula is C14H13N3O3. The molecular weight excluding hydrogens is 258 g/mol. The fraction of sp³-hybridized carbons (Fsp3) is 0.0714. The first-order valence-electron chi connectivity index (χ1n) is 5.87. The molecule has 6 heteroatoms. The van der Waals surface area contributed by atoms with Crippen molar-refractivity contribution in [2.24, 2.45) is 0 Å². The third-order valence-corrected chi connectivity index (χ3v) is 2.52. The number of anilines is 2. The van der Waals surface area contributed by atoms with E-state index in [0.717, 1.165) is 5.56 Å². The van der Waals surface area contributed by atoms with Crippen molar-refractivity contribution in [3.05, 3.63) is 53.9 Å². The Morgan fingerprint density at radius 2 is 1.70 bits per heavy atom. The van der Waals surface area contributed by atoms with Crippen LogP contribution in [0.15, 0.2) is 42.7 Å². The number of aromatic nitrogens is 1. The van der Waals surface area contributed by atoms with Crippen LogP contribution in [0.4, 0.5) is 16.2 Å². The number of urea groups is 1. The lowest BCUT2D eigenvalue weighted by molar-refractivity contribution is 0.0697. The van der Waals surface area contributed by atoms with E-state index in [4.69, 9.17) is 5.11 Å². The number of aryl methyl sites for hydroxylation is 1. The number of pyridine rings is 1. The average molecular weight is 271 g/mol. The maximum atomic E-state index is 11.7. The van der Waals surface area contributed by atoms with E-state index in [1.54, 1.807) is 18.5 Å². The summed E-state index contributed by atoms with van der Waals surface area (Å²) in [6.07, 6.45) is 3.23. The van der Waals surface area contributed by atoms with Gasteiger partial charge in [-0.15, -0.1) is 0 Å². The van der Waals surface area contributed by atoms with E-state index in [0.29, 0.717) is 11.4 Å². The number of carboxylic acids is 1. The van der Waals surface area contributed by atoms with Gasteiger partial charge in [0.2, 0.25) is 0 Å². The molecule has 0 spiro atoms. The van der Waals surface area contributed by atoms with Gasteiger partial charge in [-0.25, -0.2) is 9.59 Å². The Bertz CT molecular complexity index is 638. The molecule has 0 atom stereocenters. The molecule has 0 radical (unpaired) electrons. The van der Waals surface area contributed by atoms with E-state index < -0.39 is 12.0 Å². The smallest absolute Gasteiger partial charge is 0.335 e. The number of carboxylic acid groups (broad SMARTS) is 1. The summed E-state index contributed by atoms with van der Waals surface area (Å²) in [4.78, 5) is 26.4. The van der Waals surface area contributed by atoms with Crippen LogP contribution in [0.5, 0.6) is 0 Å². The molecule has 0 aliphatic rings. The lowest BCUT2D eigenvalue weighted by Crippen LogP contribution is -2.19. The number of carbonyl (C=O) groups is 2. The van der Waals surface area contributed by atoms with Crippen molar-refractivity contribution in [2.45, 2.75) is 6.92 Å². The Labute approximate surface area is 115 Å². The molecule has 1 aromatic heterocycles. The van der Waals surface area contributed by atoms with Gasteiger partial charge in [-0.1, -0.05) is 0 Å². The van der Waals surface area contributed by atoms with Crippen LogP contribution in [0.2, 0.25) is 0 Å². The Hall–Kier alpha value is -2.89. The highest BCUT2D eigenvalue weighted by molar-refractivity contribution is 6.00. The SMILES string of the molecule is Cc1cncc(NC(=O)Nc2ccc(C(=O)O)cc2)c1. The van der Waals surface area contributed by atoms with E-state index in [2.05, 4.69) is 15.6 Å². The van der Waals surface area contributed by atoms with E-state index >= 15 is 0 Å². The van der Waals surface area contributed by atoms with E-state index in [1.807, 2.05) is 6.92 Å². The molecule has 1 heterocycles. The first-order chi connectivity index (χ1) is 9.54. The number of hydrogen-bond donors (Lipinski definition) is 3. The zero-order chi connectivity index (χ0) is 14.5. The van der Waals surface area contributed by atoms with Crippen molar-refractivity contribution in [2.75, 3.05) is 10.6 Å². The molecule has 3 N–H and O–H groups in total. The van der Waals surface area contributed by atoms with Gasteiger partial charge in [0.15, 0.2) is 0 Å². The first kappa shape index (κ1) is 13.5. The molecule has 20 heavy (non-hydrogen) atoms. The highest BCUT2D eigenvalue weighted by Gasteiger charge is 2.05. The zero-order valence-corrected chi connectivity index (χ0v) is 10.8. The van der Waals surface area contributed by atoms with Gasteiger partial charge in [-0.2, -0.15) is 0 Å². The highest BCUT2D eigenvalue weighted by atomic mass is 16.4. The van der Waals surface area contributed by atoms with Crippen LogP contribution >= 0.6 is 0 Å². The summed E-state index contributed by atoms with van der Waals surface area (Å²) in [6.45, 7) is 1.88. The summed E-state index contributed by atoms with van der Waals surface area (Å²) >= 11 is 0. The summed E-state index contributed by atoms with van der Waals surface area (Å²) in [5, 5.41) is 14.0. The van der Waals surface area contributed by atoms with Crippen molar-refractivity contribution < 1.29 is 14.7 Å². The topological polar surface area (TPSA) is 91.3 Å². The average Bonchev–Trinajstić information content (AvgIpc) is 2.39. The van der Waals surface area contributed by atoms with Gasteiger partial charge in [0, 0.05) is 11.9 Å². The maximum absolute atomic E-state index is 11.7. The number of nitrogens with zero attached hydrogens (tertiary/aromatic N) is 1. The van der Waals surface area contributed by atoms with Crippen molar-refractivity contribution >= 4 is 23.4 Å². The van der Waals surface area contributed by atoms with E-state index in [1.165, 1.54) is 24.3 Å². The Balaban J connectivity index is 1.99. The van der Waals surface area contributed by atoms with E-state index in [-0.39, 0.29) is 5.56 Å². The second kappa shape index (κ2) is 5.83. The van der Waals surface area contributed by atoms with Gasteiger partial charge < -0.3 is 15.7 Å². The number of nitrogens with one attached hydrogen (secondary N) is 2. The number of amides is 2. The lowest BCUT2D eigenvalue weighted by Gasteiger charge is -2.08. The molecule has 2 aromatic rings. The summed E-state index contributed by atoms with van der Waals surface area (Å²) in [5.41, 5.74) is 2.20. The van der Waals surface area contributed by atoms with Crippen LogP contribution in [-0.4, -0.2) is 22.1 Å². The fourth-order valence-electron chi connectivity index (χ4n) is 1.61. The molecule has 0 saturated heterocycles. The maximum Gasteiger partial charge on any atom is 0.335 e. The fourth-order valence-corrected chi connectivity index (χ4v) is 1.61. The van der Waals surface area contributed by atoms with Crippen LogP contribution in [0, 0.1) is 6.92 Å². The van der Waals surface area contributed by atoms with Crippen LogP contribution < -0.4 is 10.6 Å². The minimum absolute atomic E-state index is 0.166. The standard InChI is InChI=1S/C14H13N3O3/c1-9-6-12(8-15-7-9)17-14(20)16-11-4-2-10(3-5-11)13(18)19/h2-8H,1H3,(H,18,19)(H2,16,17,20). The van der Waals surface area contributed by atoms with Crippen LogP contribution in [0.3, 0.4) is 0 Å². The summed E-state index contributed by atoms with van der Waals surface area (Å²) in [7, 11) is 0. The zero-order valence-electron chi connectivity index (χ0n) is 10.8. The second-order valence-electron chi connectivity index (χ2n) is 4.21. The number of rotatable bonds is 3. The Kier molecular flexibility index (Phi) is 3.95. The summed E-state index contributed by atoms with van der Waals surface area (Å²) < 4.78 is 0. The molecule has 0 saturated carbocycles. The van der Waals surface area contributed by atoms with Gasteiger partial charge in [0.05, 0.1) is 17.4 Å². The number of benzene rings is 1. The molecule has 0 bridgehead atoms. The highest BCUT2D eigenvalue weighted by Crippen LogP contribution is 2.11. The largest absolute Gasteiger partial charge is 0.478 e. The van der Waals surface area contributed by atoms with Crippen molar-refractivity contribution in [3.63, 3.8) is 0 Å². The molecule has 102 valence electrons. The quantitative estimate of drug-likeness (QED) is 0.800. The summed E-state index contributed by atoms with van der Waals surface area (Å²) in [5.74, 6) is -1.01. The molecule has 6 nitrogen and oxygen atoms in total. The minimum atomic E-state index is -1.01. The molecule has 0 fully saturated rings. The molecule has 2 amide bonds. The van der Waals surface area contributed by atoms with Crippen molar-refractivity contribution in [3.8, 4) is 0 Å². The lowest BCUT2D eigenvalue weighted by atomic mass is 10.2. The van der Waals surface area contributed by atoms with E-state index in [9.17, 15) is 9.59 Å². The number of carbonyl (C=O) groups excluding carboxylic acids is 1. The number of aromatic carboxylic acids is 1. The monoisotopic (exact) mass is 271 g/mol. The molecule has 1 aromatic carbocycles. The molecule has 0 aliphatic carbocycles. The third-order valence-electron chi connectivity index (χ3n) is 2.52. The third kappa shape index (κ3) is 3.55. The predicted molar refractivity (Wildman–Crippen MR) is 75.0 cm³/mol. The second-order valence-corrected chi connectivity index (χ2v) is 4.21. The van der Waals surface area contributed by atoms with Crippen LogP contribution in [-0.2, 0) is 0 Å². The molecule has 0 aliphatic heterocycles. The van der Waals surface area contributed by atoms with Gasteiger partial charge >= 0.3 is 12.0 Å². The molecule has 0 unspecified atom stereocenters. The predicted octanol–water partition coefficient (Wildman–Crippen LogP) is 2.73. The van der Waals surface area contributed by atoms with Crippen molar-refractivity contribution in [1.82, 2.24) is 4.98 Å². The minimum Gasteiger partial charge on any atom is -0.478 e. The van der Waals surface area contributed by atoms with Crippen LogP contribution in [0.1, 0.15) is 15.9 Å². The van der Waals surface area contributed by atoms with Gasteiger partial charge in [0.25, 0.3) is 0 Å². The van der Waals surface area contributed by atoms with Gasteiger partial charge in [-0.3, -0.25) is 4.98 Å². The summed E-state index contributed by atoms with van der Waals surface area (Å²) in [6, 6.07) is 7.27. The number of hydrogen-bond acceptors (Lipinski definition) is 3. The van der Waals surface area contributed by atoms with Crippen molar-refractivity contribution in [1.29, 1.82) is 0 Å². The first-order valence-corrected chi connectivity index (χ1v) is 5.87. The molecule has 2 rings (SSSR count).